The number of hydrogen-bond acceptors (Lipinski definition) is 10. The van der Waals surface area contributed by atoms with Gasteiger partial charge in [0.05, 0.1) is 32.3 Å². The van der Waals surface area contributed by atoms with Crippen LogP contribution in [-0.2, 0) is 28.2 Å². The van der Waals surface area contributed by atoms with Gasteiger partial charge < -0.3 is 20.4 Å². The molecule has 16 heteroatoms. The fourth-order valence-corrected chi connectivity index (χ4v) is 4.86. The van der Waals surface area contributed by atoms with Crippen LogP contribution in [0.1, 0.15) is 0 Å². The van der Waals surface area contributed by atoms with E-state index >= 15 is 0 Å². The summed E-state index contributed by atoms with van der Waals surface area (Å²) in [5, 5.41) is 36.2. The first-order chi connectivity index (χ1) is 13.3. The van der Waals surface area contributed by atoms with E-state index in [9.17, 15) is 27.6 Å². The fourth-order valence-electron chi connectivity index (χ4n) is 2.41. The Balaban J connectivity index is 6.26. The van der Waals surface area contributed by atoms with Gasteiger partial charge in [-0.1, -0.05) is 0 Å². The summed E-state index contributed by atoms with van der Waals surface area (Å²) in [5.74, 6) is -5.72. The predicted octanol–water partition coefficient (Wildman–Crippen LogP) is -1.91. The Hall–Kier alpha value is -1.59. The number of nitrogens with zero attached hydrogens (tertiary/aromatic N) is 3. The maximum atomic E-state index is 12.5. The van der Waals surface area contributed by atoms with Gasteiger partial charge in [0.1, 0.15) is 0 Å². The van der Waals surface area contributed by atoms with Crippen LogP contribution in [0, 0.1) is 0 Å². The summed E-state index contributed by atoms with van der Waals surface area (Å²) in [6.45, 7) is -4.14. The molecule has 4 N–H and O–H groups in total. The minimum atomic E-state index is -4.09. The number of carboxylic acids is 4. The predicted molar refractivity (Wildman–Crippen MR) is 105 cm³/mol. The average Bonchev–Trinajstić information content (AvgIpc) is 2.55. The summed E-state index contributed by atoms with van der Waals surface area (Å²) >= 11 is 3.97. The Morgan fingerprint density at radius 2 is 1.31 bits per heavy atom. The van der Waals surface area contributed by atoms with Gasteiger partial charge in [0, 0.05) is 18.8 Å². The average molecular weight is 478 g/mol. The van der Waals surface area contributed by atoms with Crippen molar-refractivity contribution in [3.05, 3.63) is 0 Å². The molecular weight excluding hydrogens is 454 g/mol. The molecular formula is C13H23N3O10S3. The van der Waals surface area contributed by atoms with Crippen LogP contribution in [0.2, 0.25) is 0 Å². The van der Waals surface area contributed by atoms with Crippen molar-refractivity contribution < 1.29 is 48.0 Å². The van der Waals surface area contributed by atoms with E-state index in [1.54, 1.807) is 0 Å². The highest BCUT2D eigenvalue weighted by Crippen LogP contribution is 2.21. The first-order valence-corrected chi connectivity index (χ1v) is 11.7. The molecule has 0 aliphatic rings. The smallest absolute Gasteiger partial charge is 0.317 e. The lowest BCUT2D eigenvalue weighted by Gasteiger charge is -2.39. The molecule has 0 amide bonds. The Morgan fingerprint density at radius 3 is 1.62 bits per heavy atom. The number of carbonyl (C=O) groups is 4. The minimum Gasteiger partial charge on any atom is -0.480 e. The largest absolute Gasteiger partial charge is 0.480 e. The molecule has 0 aromatic heterocycles. The summed E-state index contributed by atoms with van der Waals surface area (Å²) in [6, 6.07) is 0. The van der Waals surface area contributed by atoms with Gasteiger partial charge in [0.15, 0.2) is 0 Å². The topological polar surface area (TPSA) is 193 Å². The van der Waals surface area contributed by atoms with Gasteiger partial charge in [0.2, 0.25) is 0 Å². The molecule has 0 spiro atoms. The van der Waals surface area contributed by atoms with Crippen LogP contribution in [0.25, 0.3) is 0 Å². The van der Waals surface area contributed by atoms with Crippen LogP contribution in [0.3, 0.4) is 0 Å². The molecule has 13 nitrogen and oxygen atoms in total. The molecule has 1 unspecified atom stereocenters. The second-order valence-electron chi connectivity index (χ2n) is 5.59. The summed E-state index contributed by atoms with van der Waals surface area (Å²) in [7, 11) is -3.68. The van der Waals surface area contributed by atoms with Crippen molar-refractivity contribution in [1.82, 2.24) is 14.1 Å². The van der Waals surface area contributed by atoms with Crippen molar-refractivity contribution in [2.24, 2.45) is 0 Å². The lowest BCUT2D eigenvalue weighted by molar-refractivity contribution is -0.148. The van der Waals surface area contributed by atoms with Crippen LogP contribution in [0.15, 0.2) is 0 Å². The highest BCUT2D eigenvalue weighted by molar-refractivity contribution is 8.70. The number of rotatable bonds is 16. The molecule has 0 heterocycles. The zero-order valence-electron chi connectivity index (χ0n) is 15.4. The lowest BCUT2D eigenvalue weighted by atomic mass is 10.3. The van der Waals surface area contributed by atoms with Crippen molar-refractivity contribution in [3.8, 4) is 0 Å². The molecule has 0 saturated heterocycles. The van der Waals surface area contributed by atoms with Crippen molar-refractivity contribution in [3.63, 3.8) is 0 Å². The summed E-state index contributed by atoms with van der Waals surface area (Å²) in [4.78, 5) is 46.2. The number of thiol groups is 1. The molecule has 0 aromatic rings. The molecule has 0 bridgehead atoms. The first kappa shape index (κ1) is 27.4. The summed E-state index contributed by atoms with van der Waals surface area (Å²) in [6.07, 6.45) is -0.228. The monoisotopic (exact) mass is 477 g/mol. The van der Waals surface area contributed by atoms with E-state index in [2.05, 4.69) is 12.6 Å². The van der Waals surface area contributed by atoms with Crippen LogP contribution in [-0.4, -0.2) is 124 Å². The molecule has 168 valence electrons. The lowest BCUT2D eigenvalue weighted by Crippen LogP contribution is -2.58. The summed E-state index contributed by atoms with van der Waals surface area (Å²) < 4.78 is 25.8. The van der Waals surface area contributed by atoms with Gasteiger partial charge in [-0.3, -0.25) is 29.0 Å². The van der Waals surface area contributed by atoms with Gasteiger partial charge in [-0.2, -0.15) is 16.9 Å². The highest BCUT2D eigenvalue weighted by atomic mass is 33.1. The summed E-state index contributed by atoms with van der Waals surface area (Å²) in [5.41, 5.74) is 0. The normalized spacial score (nSPS) is 13.0. The van der Waals surface area contributed by atoms with Gasteiger partial charge >= 0.3 is 23.9 Å². The van der Waals surface area contributed by atoms with Crippen LogP contribution >= 0.6 is 23.4 Å². The van der Waals surface area contributed by atoms with E-state index in [4.69, 9.17) is 20.4 Å². The number of hydrogen-bond donors (Lipinski definition) is 5. The highest BCUT2D eigenvalue weighted by Gasteiger charge is 2.37. The van der Waals surface area contributed by atoms with E-state index in [1.807, 2.05) is 0 Å². The Morgan fingerprint density at radius 1 is 0.897 bits per heavy atom. The molecule has 0 aliphatic carbocycles. The number of aliphatic carboxylic acids is 4. The van der Waals surface area contributed by atoms with E-state index in [0.29, 0.717) is 10.8 Å². The minimum absolute atomic E-state index is 0.0118. The van der Waals surface area contributed by atoms with Crippen LogP contribution in [0.5, 0.6) is 0 Å². The number of carboxylic acid groups (broad SMARTS) is 4. The van der Waals surface area contributed by atoms with E-state index in [-0.39, 0.29) is 12.3 Å². The van der Waals surface area contributed by atoms with Crippen LogP contribution in [0.4, 0.5) is 0 Å². The zero-order chi connectivity index (χ0) is 22.8. The second kappa shape index (κ2) is 12.9. The van der Waals surface area contributed by atoms with Crippen molar-refractivity contribution in [1.29, 1.82) is 0 Å². The standard InChI is InChI=1S/C13H23N3O10S3/c1-28-29(25,26)16(2-3-27)9(15(7-12(21)22)8-13(23)24)4-14(5-10(17)18)6-11(19)20/h9,27H,2-8H2,1H3,(H,17,18)(H,19,20)(H,21,22)(H,23,24). The quantitative estimate of drug-likeness (QED) is 0.0940. The third-order valence-electron chi connectivity index (χ3n) is 3.39. The first-order valence-electron chi connectivity index (χ1n) is 7.85. The zero-order valence-corrected chi connectivity index (χ0v) is 17.9. The van der Waals surface area contributed by atoms with Gasteiger partial charge in [-0.15, -0.1) is 0 Å². The fraction of sp³-hybridized carbons (Fsp3) is 0.692. The van der Waals surface area contributed by atoms with Gasteiger partial charge in [0.25, 0.3) is 9.06 Å². The van der Waals surface area contributed by atoms with Gasteiger partial charge in [-0.05, 0) is 17.0 Å². The van der Waals surface area contributed by atoms with E-state index in [1.165, 1.54) is 6.26 Å². The SMILES string of the molecule is CSS(=O)(=O)N(CCS)C(CN(CC(=O)O)CC(=O)O)N(CC(=O)O)CC(=O)O. The third-order valence-corrected chi connectivity index (χ3v) is 6.85. The molecule has 0 aliphatic heterocycles. The maximum absolute atomic E-state index is 12.5. The second-order valence-corrected chi connectivity index (χ2v) is 9.96. The molecule has 0 radical (unpaired) electrons. The Labute approximate surface area is 176 Å². The molecule has 0 fully saturated rings. The molecule has 29 heavy (non-hydrogen) atoms. The van der Waals surface area contributed by atoms with E-state index < -0.39 is 71.8 Å². The Bertz CT molecular complexity index is 670. The molecule has 0 rings (SSSR count). The van der Waals surface area contributed by atoms with Crippen molar-refractivity contribution >= 4 is 56.4 Å². The molecule has 0 aromatic carbocycles. The van der Waals surface area contributed by atoms with Crippen LogP contribution < -0.4 is 0 Å². The van der Waals surface area contributed by atoms with Crippen molar-refractivity contribution in [2.75, 3.05) is 51.3 Å². The van der Waals surface area contributed by atoms with Gasteiger partial charge in [-0.25, -0.2) is 8.42 Å². The Kier molecular flexibility index (Phi) is 12.2. The third kappa shape index (κ3) is 10.7. The molecule has 0 saturated carbocycles. The van der Waals surface area contributed by atoms with Crippen molar-refractivity contribution in [2.45, 2.75) is 6.17 Å². The molecule has 1 atom stereocenters. The van der Waals surface area contributed by atoms with E-state index in [0.717, 1.165) is 14.1 Å². The maximum Gasteiger partial charge on any atom is 0.317 e.